The summed E-state index contributed by atoms with van der Waals surface area (Å²) < 4.78 is 13.7. The highest BCUT2D eigenvalue weighted by Gasteiger charge is 2.46. The number of hydrogen-bond acceptors (Lipinski definition) is 5. The molecule has 0 unspecified atom stereocenters. The summed E-state index contributed by atoms with van der Waals surface area (Å²) in [5, 5.41) is 9.37. The first-order valence-corrected chi connectivity index (χ1v) is 12.0. The number of nitrogens with one attached hydrogen (secondary N) is 1. The zero-order valence-corrected chi connectivity index (χ0v) is 17.9. The molecule has 0 bridgehead atoms. The van der Waals surface area contributed by atoms with E-state index in [1.54, 1.807) is 6.92 Å². The van der Waals surface area contributed by atoms with Crippen molar-refractivity contribution in [2.45, 2.75) is 76.9 Å². The second kappa shape index (κ2) is 7.37. The van der Waals surface area contributed by atoms with E-state index in [4.69, 9.17) is 9.16 Å². The van der Waals surface area contributed by atoms with Gasteiger partial charge in [-0.3, -0.25) is 19.1 Å². The van der Waals surface area contributed by atoms with Gasteiger partial charge in [0, 0.05) is 11.8 Å². The first kappa shape index (κ1) is 21.6. The van der Waals surface area contributed by atoms with E-state index in [9.17, 15) is 19.5 Å². The number of hydrogen-bond donors (Lipinski definition) is 2. The van der Waals surface area contributed by atoms with Gasteiger partial charge in [0.1, 0.15) is 11.8 Å². The van der Waals surface area contributed by atoms with Crippen LogP contribution in [0.5, 0.6) is 0 Å². The number of nitrogens with zero attached hydrogens (tertiary/aromatic N) is 1. The minimum absolute atomic E-state index is 0.0115. The summed E-state index contributed by atoms with van der Waals surface area (Å²) in [5.41, 5.74) is -1.60. The Balaban J connectivity index is 2.26. The van der Waals surface area contributed by atoms with E-state index in [1.165, 1.54) is 10.8 Å². The zero-order chi connectivity index (χ0) is 20.6. The maximum absolute atomic E-state index is 12.1. The van der Waals surface area contributed by atoms with Crippen LogP contribution in [0, 0.1) is 6.92 Å². The number of aliphatic carboxylic acids is 1. The number of carboxylic acid groups (broad SMARTS) is 1. The summed E-state index contributed by atoms with van der Waals surface area (Å²) in [4.78, 5) is 37.4. The molecule has 2 atom stereocenters. The van der Waals surface area contributed by atoms with Crippen LogP contribution in [0.15, 0.2) is 15.8 Å². The summed E-state index contributed by atoms with van der Waals surface area (Å²) in [7, 11) is -2.09. The Kier molecular flexibility index (Phi) is 5.89. The van der Waals surface area contributed by atoms with Crippen LogP contribution in [0.4, 0.5) is 0 Å². The van der Waals surface area contributed by atoms with Crippen LogP contribution in [-0.4, -0.2) is 41.2 Å². The predicted octanol–water partition coefficient (Wildman–Crippen LogP) is 2.39. The van der Waals surface area contributed by atoms with Gasteiger partial charge in [-0.05, 0) is 37.9 Å². The highest BCUT2D eigenvalue weighted by Crippen LogP contribution is 2.42. The minimum atomic E-state index is -2.09. The number of aromatic amines is 1. The van der Waals surface area contributed by atoms with Crippen LogP contribution in [0.3, 0.4) is 0 Å². The van der Waals surface area contributed by atoms with Crippen molar-refractivity contribution in [1.82, 2.24) is 9.55 Å². The fourth-order valence-corrected chi connectivity index (χ4v) is 3.94. The Bertz CT molecular complexity index is 822. The third-order valence-corrected chi connectivity index (χ3v) is 10.1. The van der Waals surface area contributed by atoms with E-state index in [1.807, 2.05) is 0 Å². The molecule has 2 heterocycles. The lowest BCUT2D eigenvalue weighted by Crippen LogP contribution is -2.47. The molecule has 9 heteroatoms. The van der Waals surface area contributed by atoms with Crippen molar-refractivity contribution in [2.24, 2.45) is 0 Å². The van der Waals surface area contributed by atoms with Crippen LogP contribution >= 0.6 is 0 Å². The van der Waals surface area contributed by atoms with E-state index in [2.05, 4.69) is 38.8 Å². The molecular formula is C18H30N2O6Si. The molecular weight excluding hydrogens is 368 g/mol. The summed E-state index contributed by atoms with van der Waals surface area (Å²) in [6.45, 7) is 12.3. The zero-order valence-electron chi connectivity index (χ0n) is 16.9. The van der Waals surface area contributed by atoms with Crippen molar-refractivity contribution in [3.8, 4) is 0 Å². The van der Waals surface area contributed by atoms with Crippen molar-refractivity contribution in [3.63, 3.8) is 0 Å². The quantitative estimate of drug-likeness (QED) is 0.712. The van der Waals surface area contributed by atoms with E-state index < -0.39 is 37.4 Å². The van der Waals surface area contributed by atoms with Gasteiger partial charge in [-0.15, -0.1) is 0 Å². The first-order chi connectivity index (χ1) is 12.3. The Morgan fingerprint density at radius 1 is 1.44 bits per heavy atom. The number of carbonyl (C=O) groups is 1. The van der Waals surface area contributed by atoms with Gasteiger partial charge in [0.2, 0.25) is 0 Å². The van der Waals surface area contributed by atoms with Gasteiger partial charge < -0.3 is 14.3 Å². The molecule has 1 aromatic rings. The van der Waals surface area contributed by atoms with Crippen molar-refractivity contribution in [2.75, 3.05) is 6.61 Å². The van der Waals surface area contributed by atoms with Gasteiger partial charge in [-0.2, -0.15) is 0 Å². The molecule has 0 spiro atoms. The standard InChI is InChI=1S/C18H30N2O6Si/c1-12-10-20(16(24)19-15(12)23)13-7-8-18(26-13,9-14(21)22)11-25-27(5,6)17(2,3)4/h10,13H,7-9,11H2,1-6H3,(H,21,22)(H,19,23,24)/t13-,18-/m0/s1. The van der Waals surface area contributed by atoms with Crippen LogP contribution in [0.2, 0.25) is 18.1 Å². The monoisotopic (exact) mass is 398 g/mol. The van der Waals surface area contributed by atoms with Gasteiger partial charge >= 0.3 is 11.7 Å². The van der Waals surface area contributed by atoms with E-state index >= 15 is 0 Å². The molecule has 1 saturated heterocycles. The molecule has 1 fully saturated rings. The molecule has 0 saturated carbocycles. The Hall–Kier alpha value is -1.71. The third kappa shape index (κ3) is 4.77. The number of rotatable bonds is 6. The highest BCUT2D eigenvalue weighted by atomic mass is 28.4. The smallest absolute Gasteiger partial charge is 0.330 e. The van der Waals surface area contributed by atoms with Gasteiger partial charge in [0.25, 0.3) is 5.56 Å². The topological polar surface area (TPSA) is 111 Å². The molecule has 0 aromatic carbocycles. The summed E-state index contributed by atoms with van der Waals surface area (Å²) >= 11 is 0. The molecule has 8 nitrogen and oxygen atoms in total. The molecule has 0 aliphatic carbocycles. The second-order valence-electron chi connectivity index (χ2n) is 8.89. The van der Waals surface area contributed by atoms with Crippen molar-refractivity contribution in [1.29, 1.82) is 0 Å². The molecule has 1 aliphatic heterocycles. The van der Waals surface area contributed by atoms with Gasteiger partial charge in [-0.1, -0.05) is 20.8 Å². The maximum Gasteiger partial charge on any atom is 0.330 e. The van der Waals surface area contributed by atoms with Crippen LogP contribution < -0.4 is 11.2 Å². The number of aryl methyl sites for hydroxylation is 1. The largest absolute Gasteiger partial charge is 0.481 e. The summed E-state index contributed by atoms with van der Waals surface area (Å²) in [5.74, 6) is -0.973. The number of H-pyrrole nitrogens is 1. The van der Waals surface area contributed by atoms with Crippen LogP contribution in [0.1, 0.15) is 51.8 Å². The molecule has 0 amide bonds. The second-order valence-corrected chi connectivity index (χ2v) is 13.7. The maximum atomic E-state index is 12.1. The molecule has 2 N–H and O–H groups in total. The average Bonchev–Trinajstić information content (AvgIpc) is 2.91. The van der Waals surface area contributed by atoms with Crippen molar-refractivity contribution in [3.05, 3.63) is 32.6 Å². The lowest BCUT2D eigenvalue weighted by Gasteiger charge is -2.39. The fourth-order valence-electron chi connectivity index (χ4n) is 2.88. The van der Waals surface area contributed by atoms with Gasteiger partial charge in [-0.25, -0.2) is 4.79 Å². The van der Waals surface area contributed by atoms with Crippen LogP contribution in [-0.2, 0) is 14.0 Å². The van der Waals surface area contributed by atoms with Crippen molar-refractivity contribution < 1.29 is 19.1 Å². The number of aromatic nitrogens is 2. The van der Waals surface area contributed by atoms with Gasteiger partial charge in [0.15, 0.2) is 8.32 Å². The van der Waals surface area contributed by atoms with Crippen molar-refractivity contribution >= 4 is 14.3 Å². The average molecular weight is 399 g/mol. The Labute approximate surface area is 159 Å². The van der Waals surface area contributed by atoms with E-state index in [-0.39, 0.29) is 18.1 Å². The Morgan fingerprint density at radius 3 is 2.63 bits per heavy atom. The molecule has 27 heavy (non-hydrogen) atoms. The summed E-state index contributed by atoms with van der Waals surface area (Å²) in [6.07, 6.45) is 1.56. The molecule has 2 rings (SSSR count). The van der Waals surface area contributed by atoms with Crippen LogP contribution in [0.25, 0.3) is 0 Å². The molecule has 0 radical (unpaired) electrons. The molecule has 1 aliphatic rings. The Morgan fingerprint density at radius 2 is 2.07 bits per heavy atom. The predicted molar refractivity (Wildman–Crippen MR) is 104 cm³/mol. The number of carboxylic acids is 1. The minimum Gasteiger partial charge on any atom is -0.481 e. The first-order valence-electron chi connectivity index (χ1n) is 9.12. The normalized spacial score (nSPS) is 23.6. The summed E-state index contributed by atoms with van der Waals surface area (Å²) in [6, 6.07) is 0. The molecule has 1 aromatic heterocycles. The lowest BCUT2D eigenvalue weighted by molar-refractivity contribution is -0.151. The SMILES string of the molecule is Cc1cn([C@@H]2CC[C@@](CO[Si](C)(C)C(C)(C)C)(CC(=O)O)O2)c(=O)[nH]c1=O. The van der Waals surface area contributed by atoms with Gasteiger partial charge in [0.05, 0.1) is 13.0 Å². The highest BCUT2D eigenvalue weighted by molar-refractivity contribution is 6.74. The molecule has 152 valence electrons. The lowest BCUT2D eigenvalue weighted by atomic mass is 9.97. The fraction of sp³-hybridized carbons (Fsp3) is 0.722. The van der Waals surface area contributed by atoms with E-state index in [0.29, 0.717) is 18.4 Å². The third-order valence-electron chi connectivity index (χ3n) is 5.66. The van der Waals surface area contributed by atoms with E-state index in [0.717, 1.165) is 0 Å². The number of ether oxygens (including phenoxy) is 1.